The zero-order valence-corrected chi connectivity index (χ0v) is 10.9. The summed E-state index contributed by atoms with van der Waals surface area (Å²) in [6.45, 7) is 0. The van der Waals surface area contributed by atoms with Gasteiger partial charge in [-0.1, -0.05) is 24.3 Å². The summed E-state index contributed by atoms with van der Waals surface area (Å²) in [5, 5.41) is 0.900. The fourth-order valence-electron chi connectivity index (χ4n) is 1.76. The Morgan fingerprint density at radius 1 is 1.11 bits per heavy atom. The normalized spacial score (nSPS) is 11.0. The van der Waals surface area contributed by atoms with Gasteiger partial charge in [0.2, 0.25) is 0 Å². The van der Waals surface area contributed by atoms with E-state index in [2.05, 4.69) is 4.98 Å². The number of hydrogen-bond donors (Lipinski definition) is 0. The van der Waals surface area contributed by atoms with Crippen LogP contribution in [0.15, 0.2) is 42.5 Å². The molecule has 18 heavy (non-hydrogen) atoms. The van der Waals surface area contributed by atoms with Gasteiger partial charge in [-0.05, 0) is 23.8 Å². The minimum atomic E-state index is -0.227. The lowest BCUT2D eigenvalue weighted by Gasteiger charge is -1.97. The van der Waals surface area contributed by atoms with Crippen molar-refractivity contribution in [3.8, 4) is 10.6 Å². The van der Waals surface area contributed by atoms with E-state index in [9.17, 15) is 4.39 Å². The Labute approximate surface area is 113 Å². The van der Waals surface area contributed by atoms with E-state index in [1.54, 1.807) is 6.07 Å². The zero-order chi connectivity index (χ0) is 12.5. The Hall–Kier alpha value is -1.45. The van der Waals surface area contributed by atoms with Crippen LogP contribution in [0.4, 0.5) is 4.39 Å². The van der Waals surface area contributed by atoms with Crippen molar-refractivity contribution in [2.45, 2.75) is 5.88 Å². The molecule has 0 aliphatic carbocycles. The van der Waals surface area contributed by atoms with E-state index in [4.69, 9.17) is 11.6 Å². The molecule has 2 aromatic carbocycles. The zero-order valence-electron chi connectivity index (χ0n) is 9.36. The Kier molecular flexibility index (Phi) is 3.02. The van der Waals surface area contributed by atoms with Gasteiger partial charge in [0, 0.05) is 11.4 Å². The largest absolute Gasteiger partial charge is 0.236 e. The molecule has 3 rings (SSSR count). The second-order valence-electron chi connectivity index (χ2n) is 3.96. The van der Waals surface area contributed by atoms with Crippen LogP contribution in [-0.4, -0.2) is 4.98 Å². The number of rotatable bonds is 2. The van der Waals surface area contributed by atoms with Crippen molar-refractivity contribution in [1.82, 2.24) is 4.98 Å². The first-order valence-corrected chi connectivity index (χ1v) is 6.83. The van der Waals surface area contributed by atoms with Crippen LogP contribution in [0, 0.1) is 5.82 Å². The molecule has 0 saturated carbocycles. The van der Waals surface area contributed by atoms with Gasteiger partial charge in [0.15, 0.2) is 0 Å². The minimum Gasteiger partial charge on any atom is -0.236 e. The van der Waals surface area contributed by atoms with E-state index in [1.165, 1.54) is 23.5 Å². The number of alkyl halides is 1. The van der Waals surface area contributed by atoms with E-state index in [1.807, 2.05) is 24.3 Å². The molecule has 0 unspecified atom stereocenters. The molecular formula is C14H9ClFNS. The minimum absolute atomic E-state index is 0.227. The number of hydrogen-bond acceptors (Lipinski definition) is 2. The van der Waals surface area contributed by atoms with Gasteiger partial charge >= 0.3 is 0 Å². The third-order valence-corrected chi connectivity index (χ3v) is 4.08. The molecule has 0 fully saturated rings. The first-order valence-electron chi connectivity index (χ1n) is 5.47. The lowest BCUT2D eigenvalue weighted by molar-refractivity contribution is 0.630. The highest BCUT2D eigenvalue weighted by Gasteiger charge is 2.06. The van der Waals surface area contributed by atoms with Crippen molar-refractivity contribution in [3.63, 3.8) is 0 Å². The number of aromatic nitrogens is 1. The van der Waals surface area contributed by atoms with Gasteiger partial charge in [0.25, 0.3) is 0 Å². The molecule has 1 heterocycles. The Bertz CT molecular complexity index is 691. The first-order chi connectivity index (χ1) is 8.76. The highest BCUT2D eigenvalue weighted by Crippen LogP contribution is 2.30. The van der Waals surface area contributed by atoms with E-state index in [-0.39, 0.29) is 5.82 Å². The molecule has 0 amide bonds. The number of nitrogens with zero attached hydrogens (tertiary/aromatic N) is 1. The number of fused-ring (bicyclic) bond motifs is 1. The third-order valence-electron chi connectivity index (χ3n) is 2.71. The predicted molar refractivity (Wildman–Crippen MR) is 74.6 cm³/mol. The summed E-state index contributed by atoms with van der Waals surface area (Å²) in [5.74, 6) is 0.279. The van der Waals surface area contributed by atoms with Gasteiger partial charge in [-0.3, -0.25) is 0 Å². The maximum Gasteiger partial charge on any atom is 0.124 e. The molecule has 1 nitrogen and oxygen atoms in total. The first kappa shape index (κ1) is 11.6. The van der Waals surface area contributed by atoms with Crippen molar-refractivity contribution >= 4 is 33.2 Å². The van der Waals surface area contributed by atoms with Crippen molar-refractivity contribution in [2.75, 3.05) is 0 Å². The number of benzene rings is 2. The van der Waals surface area contributed by atoms with Crippen LogP contribution in [-0.2, 0) is 5.88 Å². The summed E-state index contributed by atoms with van der Waals surface area (Å²) in [6.07, 6.45) is 0. The van der Waals surface area contributed by atoms with Crippen LogP contribution < -0.4 is 0 Å². The van der Waals surface area contributed by atoms with Crippen LogP contribution in [0.5, 0.6) is 0 Å². The van der Waals surface area contributed by atoms with Gasteiger partial charge in [0.1, 0.15) is 10.8 Å². The number of halogens is 2. The molecular weight excluding hydrogens is 269 g/mol. The maximum atomic E-state index is 13.1. The standard InChI is InChI=1S/C14H9ClFNS/c15-8-9-1-3-10(4-2-9)14-17-12-6-5-11(16)7-13(12)18-14/h1-7H,8H2. The van der Waals surface area contributed by atoms with E-state index < -0.39 is 0 Å². The molecule has 0 atom stereocenters. The van der Waals surface area contributed by atoms with Gasteiger partial charge in [-0.15, -0.1) is 22.9 Å². The molecule has 0 saturated heterocycles. The van der Waals surface area contributed by atoms with Crippen LogP contribution >= 0.6 is 22.9 Å². The van der Waals surface area contributed by atoms with Gasteiger partial charge in [-0.2, -0.15) is 0 Å². The Morgan fingerprint density at radius 2 is 1.89 bits per heavy atom. The topological polar surface area (TPSA) is 12.9 Å². The van der Waals surface area contributed by atoms with Crippen LogP contribution in [0.1, 0.15) is 5.56 Å². The predicted octanol–water partition coefficient (Wildman–Crippen LogP) is 4.84. The van der Waals surface area contributed by atoms with Crippen molar-refractivity contribution in [2.24, 2.45) is 0 Å². The third kappa shape index (κ3) is 2.11. The molecule has 0 bridgehead atoms. The summed E-state index contributed by atoms with van der Waals surface area (Å²) in [7, 11) is 0. The lowest BCUT2D eigenvalue weighted by atomic mass is 10.2. The smallest absolute Gasteiger partial charge is 0.124 e. The molecule has 3 aromatic rings. The maximum absolute atomic E-state index is 13.1. The average Bonchev–Trinajstić information content (AvgIpc) is 2.81. The van der Waals surface area contributed by atoms with Crippen LogP contribution in [0.2, 0.25) is 0 Å². The van der Waals surface area contributed by atoms with Crippen molar-refractivity contribution in [3.05, 3.63) is 53.8 Å². The highest BCUT2D eigenvalue weighted by atomic mass is 35.5. The SMILES string of the molecule is Fc1ccc2nc(-c3ccc(CCl)cc3)sc2c1. The monoisotopic (exact) mass is 277 g/mol. The molecule has 4 heteroatoms. The van der Waals surface area contributed by atoms with E-state index in [0.29, 0.717) is 5.88 Å². The summed E-state index contributed by atoms with van der Waals surface area (Å²) in [5.41, 5.74) is 2.94. The molecule has 0 N–H and O–H groups in total. The van der Waals surface area contributed by atoms with Crippen LogP contribution in [0.3, 0.4) is 0 Å². The number of thiazole rings is 1. The Balaban J connectivity index is 2.07. The average molecular weight is 278 g/mol. The second kappa shape index (κ2) is 4.67. The fourth-order valence-corrected chi connectivity index (χ4v) is 2.93. The summed E-state index contributed by atoms with van der Waals surface area (Å²) in [6, 6.07) is 12.6. The van der Waals surface area contributed by atoms with Gasteiger partial charge in [0.05, 0.1) is 10.2 Å². The summed E-state index contributed by atoms with van der Waals surface area (Å²) >= 11 is 7.25. The second-order valence-corrected chi connectivity index (χ2v) is 5.26. The summed E-state index contributed by atoms with van der Waals surface area (Å²) < 4.78 is 14.0. The fraction of sp³-hybridized carbons (Fsp3) is 0.0714. The van der Waals surface area contributed by atoms with Gasteiger partial charge < -0.3 is 0 Å². The molecule has 90 valence electrons. The van der Waals surface area contributed by atoms with E-state index >= 15 is 0 Å². The molecule has 0 aliphatic heterocycles. The van der Waals surface area contributed by atoms with Crippen LogP contribution in [0.25, 0.3) is 20.8 Å². The van der Waals surface area contributed by atoms with E-state index in [0.717, 1.165) is 26.4 Å². The van der Waals surface area contributed by atoms with Crippen molar-refractivity contribution in [1.29, 1.82) is 0 Å². The van der Waals surface area contributed by atoms with Crippen molar-refractivity contribution < 1.29 is 4.39 Å². The molecule has 1 aromatic heterocycles. The molecule has 0 aliphatic rings. The molecule has 0 radical (unpaired) electrons. The Morgan fingerprint density at radius 3 is 2.61 bits per heavy atom. The lowest BCUT2D eigenvalue weighted by Crippen LogP contribution is -1.79. The quantitative estimate of drug-likeness (QED) is 0.611. The van der Waals surface area contributed by atoms with Gasteiger partial charge in [-0.25, -0.2) is 9.37 Å². The molecule has 0 spiro atoms. The highest BCUT2D eigenvalue weighted by molar-refractivity contribution is 7.21. The summed E-state index contributed by atoms with van der Waals surface area (Å²) in [4.78, 5) is 4.50.